The van der Waals surface area contributed by atoms with Gasteiger partial charge in [-0.2, -0.15) is 0 Å². The Morgan fingerprint density at radius 3 is 2.52 bits per heavy atom. The molecule has 8 heteroatoms. The summed E-state index contributed by atoms with van der Waals surface area (Å²) in [4.78, 5) is 4.00. The summed E-state index contributed by atoms with van der Waals surface area (Å²) in [6.07, 6.45) is 2.00. The van der Waals surface area contributed by atoms with Crippen molar-refractivity contribution in [2.75, 3.05) is 33.9 Å². The molecular formula is C19H26N2O4S2. The smallest absolute Gasteiger partial charge is 0.240 e. The summed E-state index contributed by atoms with van der Waals surface area (Å²) in [6.45, 7) is 3.45. The number of benzene rings is 1. The van der Waals surface area contributed by atoms with Crippen LogP contribution in [0.5, 0.6) is 11.5 Å². The number of methoxy groups -OCH3 is 2. The Morgan fingerprint density at radius 2 is 1.89 bits per heavy atom. The molecule has 0 atom stereocenters. The molecule has 0 unspecified atom stereocenters. The van der Waals surface area contributed by atoms with Crippen molar-refractivity contribution >= 4 is 21.4 Å². The number of ether oxygens (including phenoxy) is 2. The number of nitrogens with zero attached hydrogens (tertiary/aromatic N) is 1. The van der Waals surface area contributed by atoms with Crippen molar-refractivity contribution in [2.24, 2.45) is 5.92 Å². The van der Waals surface area contributed by atoms with Gasteiger partial charge in [0.1, 0.15) is 0 Å². The second kappa shape index (κ2) is 9.05. The highest BCUT2D eigenvalue weighted by Crippen LogP contribution is 2.29. The molecule has 2 aromatic rings. The molecule has 0 amide bonds. The molecule has 1 aliphatic rings. The van der Waals surface area contributed by atoms with Crippen LogP contribution in [0.2, 0.25) is 0 Å². The van der Waals surface area contributed by atoms with Crippen LogP contribution in [-0.4, -0.2) is 47.2 Å². The van der Waals surface area contributed by atoms with Crippen molar-refractivity contribution in [3.63, 3.8) is 0 Å². The molecule has 27 heavy (non-hydrogen) atoms. The lowest BCUT2D eigenvalue weighted by atomic mass is 9.97. The molecule has 2 heterocycles. The summed E-state index contributed by atoms with van der Waals surface area (Å²) in [6, 6.07) is 8.87. The number of piperidine rings is 1. The number of likely N-dealkylation sites (tertiary alicyclic amines) is 1. The number of nitrogens with one attached hydrogen (secondary N) is 1. The average molecular weight is 411 g/mol. The zero-order chi connectivity index (χ0) is 19.3. The Morgan fingerprint density at radius 1 is 1.15 bits per heavy atom. The van der Waals surface area contributed by atoms with Gasteiger partial charge in [-0.15, -0.1) is 11.3 Å². The van der Waals surface area contributed by atoms with E-state index in [1.54, 1.807) is 17.4 Å². The molecule has 1 aliphatic heterocycles. The SMILES string of the molecule is COc1ccc(S(=O)(=O)NCC2CCN(Cc3cccs3)CC2)cc1OC. The molecular weight excluding hydrogens is 384 g/mol. The molecule has 0 spiro atoms. The predicted molar refractivity (Wildman–Crippen MR) is 107 cm³/mol. The first-order chi connectivity index (χ1) is 13.0. The molecule has 1 aromatic heterocycles. The lowest BCUT2D eigenvalue weighted by Gasteiger charge is -2.31. The molecule has 1 saturated heterocycles. The fourth-order valence-corrected chi connectivity index (χ4v) is 5.14. The van der Waals surface area contributed by atoms with Gasteiger partial charge in [-0.25, -0.2) is 13.1 Å². The van der Waals surface area contributed by atoms with Crippen molar-refractivity contribution in [1.29, 1.82) is 0 Å². The number of rotatable bonds is 8. The molecule has 0 bridgehead atoms. The molecule has 1 N–H and O–H groups in total. The lowest BCUT2D eigenvalue weighted by Crippen LogP contribution is -2.38. The second-order valence-corrected chi connectivity index (χ2v) is 9.47. The Bertz CT molecular complexity index is 829. The Kier molecular flexibility index (Phi) is 6.75. The fourth-order valence-electron chi connectivity index (χ4n) is 3.27. The Labute approximate surface area is 165 Å². The zero-order valence-corrected chi connectivity index (χ0v) is 17.3. The van der Waals surface area contributed by atoms with Crippen LogP contribution in [0.4, 0.5) is 0 Å². The highest BCUT2D eigenvalue weighted by molar-refractivity contribution is 7.89. The second-order valence-electron chi connectivity index (χ2n) is 6.67. The van der Waals surface area contributed by atoms with E-state index in [2.05, 4.69) is 27.1 Å². The highest BCUT2D eigenvalue weighted by atomic mass is 32.2. The first kappa shape index (κ1) is 20.1. The third kappa shape index (κ3) is 5.22. The average Bonchev–Trinajstić information content (AvgIpc) is 3.20. The van der Waals surface area contributed by atoms with Crippen LogP contribution in [-0.2, 0) is 16.6 Å². The van der Waals surface area contributed by atoms with Gasteiger partial charge in [-0.1, -0.05) is 6.07 Å². The quantitative estimate of drug-likeness (QED) is 0.725. The minimum absolute atomic E-state index is 0.190. The van der Waals surface area contributed by atoms with E-state index in [1.807, 2.05) is 0 Å². The number of hydrogen-bond donors (Lipinski definition) is 1. The fraction of sp³-hybridized carbons (Fsp3) is 0.474. The van der Waals surface area contributed by atoms with E-state index in [9.17, 15) is 8.42 Å². The largest absolute Gasteiger partial charge is 0.493 e. The van der Waals surface area contributed by atoms with E-state index in [4.69, 9.17) is 9.47 Å². The van der Waals surface area contributed by atoms with E-state index in [1.165, 1.54) is 31.2 Å². The first-order valence-electron chi connectivity index (χ1n) is 8.98. The van der Waals surface area contributed by atoms with Crippen LogP contribution in [0, 0.1) is 5.92 Å². The third-order valence-electron chi connectivity index (χ3n) is 4.89. The Hall–Kier alpha value is -1.61. The maximum Gasteiger partial charge on any atom is 0.240 e. The monoisotopic (exact) mass is 410 g/mol. The van der Waals surface area contributed by atoms with Crippen molar-refractivity contribution in [1.82, 2.24) is 9.62 Å². The first-order valence-corrected chi connectivity index (χ1v) is 11.3. The van der Waals surface area contributed by atoms with Crippen LogP contribution in [0.1, 0.15) is 17.7 Å². The minimum atomic E-state index is -3.57. The molecule has 6 nitrogen and oxygen atoms in total. The van der Waals surface area contributed by atoms with Gasteiger partial charge in [0.05, 0.1) is 19.1 Å². The summed E-state index contributed by atoms with van der Waals surface area (Å²) in [5, 5.41) is 2.10. The van der Waals surface area contributed by atoms with E-state index < -0.39 is 10.0 Å². The maximum atomic E-state index is 12.6. The van der Waals surface area contributed by atoms with Gasteiger partial charge < -0.3 is 9.47 Å². The van der Waals surface area contributed by atoms with E-state index >= 15 is 0 Å². The molecule has 148 valence electrons. The number of sulfonamides is 1. The predicted octanol–water partition coefficient (Wildman–Crippen LogP) is 2.96. The van der Waals surface area contributed by atoms with Crippen LogP contribution in [0.25, 0.3) is 0 Å². The molecule has 1 fully saturated rings. The van der Waals surface area contributed by atoms with E-state index in [0.29, 0.717) is 24.0 Å². The van der Waals surface area contributed by atoms with Gasteiger partial charge in [-0.05, 0) is 55.4 Å². The van der Waals surface area contributed by atoms with Crippen LogP contribution in [0.3, 0.4) is 0 Å². The number of hydrogen-bond acceptors (Lipinski definition) is 6. The van der Waals surface area contributed by atoms with Crippen molar-refractivity contribution in [2.45, 2.75) is 24.3 Å². The Balaban J connectivity index is 1.52. The summed E-state index contributed by atoms with van der Waals surface area (Å²) < 4.78 is 38.3. The van der Waals surface area contributed by atoms with Crippen molar-refractivity contribution in [3.8, 4) is 11.5 Å². The summed E-state index contributed by atoms with van der Waals surface area (Å²) >= 11 is 1.78. The van der Waals surface area contributed by atoms with Gasteiger partial charge in [0, 0.05) is 24.0 Å². The van der Waals surface area contributed by atoms with Gasteiger partial charge in [-0.3, -0.25) is 4.90 Å². The third-order valence-corrected chi connectivity index (χ3v) is 7.18. The molecule has 1 aromatic carbocycles. The van der Waals surface area contributed by atoms with Crippen LogP contribution in [0.15, 0.2) is 40.6 Å². The molecule has 3 rings (SSSR count). The molecule has 0 saturated carbocycles. The van der Waals surface area contributed by atoms with E-state index in [0.717, 1.165) is 32.5 Å². The van der Waals surface area contributed by atoms with Crippen molar-refractivity contribution in [3.05, 3.63) is 40.6 Å². The van der Waals surface area contributed by atoms with Crippen molar-refractivity contribution < 1.29 is 17.9 Å². The lowest BCUT2D eigenvalue weighted by molar-refractivity contribution is 0.180. The number of thiophene rings is 1. The molecule has 0 aliphatic carbocycles. The highest BCUT2D eigenvalue weighted by Gasteiger charge is 2.23. The summed E-state index contributed by atoms with van der Waals surface area (Å²) in [5.41, 5.74) is 0. The summed E-state index contributed by atoms with van der Waals surface area (Å²) in [7, 11) is -0.555. The van der Waals surface area contributed by atoms with Crippen LogP contribution >= 0.6 is 11.3 Å². The minimum Gasteiger partial charge on any atom is -0.493 e. The van der Waals surface area contributed by atoms with Gasteiger partial charge >= 0.3 is 0 Å². The van der Waals surface area contributed by atoms with Gasteiger partial charge in [0.15, 0.2) is 11.5 Å². The standard InChI is InChI=1S/C19H26N2O4S2/c1-24-18-6-5-17(12-19(18)25-2)27(22,23)20-13-15-7-9-21(10-8-15)14-16-4-3-11-26-16/h3-6,11-12,15,20H,7-10,13-14H2,1-2H3. The maximum absolute atomic E-state index is 12.6. The van der Waals surface area contributed by atoms with Gasteiger partial charge in [0.2, 0.25) is 10.0 Å². The normalized spacial score (nSPS) is 16.4. The topological polar surface area (TPSA) is 67.9 Å². The van der Waals surface area contributed by atoms with Crippen LogP contribution < -0.4 is 14.2 Å². The van der Waals surface area contributed by atoms with Gasteiger partial charge in [0.25, 0.3) is 0 Å². The summed E-state index contributed by atoms with van der Waals surface area (Å²) in [5.74, 6) is 1.27. The van der Waals surface area contributed by atoms with E-state index in [-0.39, 0.29) is 4.90 Å². The zero-order valence-electron chi connectivity index (χ0n) is 15.7. The molecule has 0 radical (unpaired) electrons.